The van der Waals surface area contributed by atoms with E-state index in [1.807, 2.05) is 74.5 Å². The van der Waals surface area contributed by atoms with Gasteiger partial charge in [-0.05, 0) is 56.7 Å². The number of carbonyl (C=O) groups excluding carboxylic acids is 3. The lowest BCUT2D eigenvalue weighted by molar-refractivity contribution is -0.147. The molecule has 0 bridgehead atoms. The molecule has 2 atom stereocenters. The van der Waals surface area contributed by atoms with Gasteiger partial charge in [-0.25, -0.2) is 5.01 Å². The maximum absolute atomic E-state index is 13.9. The standard InChI is InChI=1S/C32H45N5O4/c1-31(2,33)18-11-17-28(38)34-27(23-41-22-26-15-9-6-10-16-26)29(39)37-20-12-19-32(24-37,30(40)35-36(3)4)21-25-13-7-5-8-14-25/h5-11,13-17,27H,12,18-24,33H2,1-4H3,(H,34,38)(H,35,40)/t27-,32?/m1/s1. The lowest BCUT2D eigenvalue weighted by Crippen LogP contribution is -2.59. The first kappa shape index (κ1) is 32.0. The van der Waals surface area contributed by atoms with Gasteiger partial charge in [-0.1, -0.05) is 66.7 Å². The summed E-state index contributed by atoms with van der Waals surface area (Å²) in [5.74, 6) is -0.792. The number of piperidine rings is 1. The molecule has 0 aliphatic carbocycles. The molecule has 0 saturated carbocycles. The number of amides is 3. The minimum Gasteiger partial charge on any atom is -0.374 e. The van der Waals surface area contributed by atoms with Crippen molar-refractivity contribution in [2.75, 3.05) is 33.8 Å². The van der Waals surface area contributed by atoms with Gasteiger partial charge in [0.25, 0.3) is 0 Å². The Labute approximate surface area is 244 Å². The Balaban J connectivity index is 1.79. The fraction of sp³-hybridized carbons (Fsp3) is 0.469. The lowest BCUT2D eigenvalue weighted by atomic mass is 9.74. The smallest absolute Gasteiger partial charge is 0.247 e. The van der Waals surface area contributed by atoms with Crippen molar-refractivity contribution in [2.45, 2.75) is 57.7 Å². The molecule has 2 aromatic carbocycles. The van der Waals surface area contributed by atoms with Crippen LogP contribution in [0.25, 0.3) is 0 Å². The first-order chi connectivity index (χ1) is 19.5. The molecule has 3 amide bonds. The Morgan fingerprint density at radius 3 is 2.32 bits per heavy atom. The SMILES string of the molecule is CN(C)NC(=O)C1(Cc2ccccc2)CCCN(C(=O)[C@@H](COCc2ccccc2)NC(=O)C=CCC(C)(C)N)C1. The molecule has 1 unspecified atom stereocenters. The van der Waals surface area contributed by atoms with Crippen LogP contribution < -0.4 is 16.5 Å². The summed E-state index contributed by atoms with van der Waals surface area (Å²) in [4.78, 5) is 42.0. The highest BCUT2D eigenvalue weighted by molar-refractivity contribution is 5.93. The number of hydrazine groups is 1. The molecular formula is C32H45N5O4. The number of nitrogens with one attached hydrogen (secondary N) is 2. The molecule has 1 heterocycles. The summed E-state index contributed by atoms with van der Waals surface area (Å²) in [6.07, 6.45) is 5.43. The van der Waals surface area contributed by atoms with E-state index >= 15 is 0 Å². The second-order valence-corrected chi connectivity index (χ2v) is 11.8. The molecule has 1 aliphatic heterocycles. The number of hydrogen-bond acceptors (Lipinski definition) is 6. The number of likely N-dealkylation sites (tertiary alicyclic amines) is 1. The summed E-state index contributed by atoms with van der Waals surface area (Å²) >= 11 is 0. The second kappa shape index (κ2) is 14.9. The van der Waals surface area contributed by atoms with Crippen molar-refractivity contribution in [1.82, 2.24) is 20.7 Å². The summed E-state index contributed by atoms with van der Waals surface area (Å²) in [5.41, 5.74) is 9.68. The number of carbonyl (C=O) groups is 3. The average molecular weight is 564 g/mol. The number of nitrogens with two attached hydrogens (primary N) is 1. The van der Waals surface area contributed by atoms with E-state index in [9.17, 15) is 14.4 Å². The van der Waals surface area contributed by atoms with Crippen molar-refractivity contribution in [3.05, 3.63) is 83.9 Å². The van der Waals surface area contributed by atoms with Crippen molar-refractivity contribution in [3.8, 4) is 0 Å². The molecule has 2 aromatic rings. The van der Waals surface area contributed by atoms with Gasteiger partial charge in [0, 0.05) is 32.7 Å². The zero-order chi connectivity index (χ0) is 29.9. The maximum atomic E-state index is 13.9. The highest BCUT2D eigenvalue weighted by Crippen LogP contribution is 2.34. The molecule has 9 nitrogen and oxygen atoms in total. The van der Waals surface area contributed by atoms with E-state index < -0.39 is 22.9 Å². The normalized spacial score (nSPS) is 18.3. The first-order valence-corrected chi connectivity index (χ1v) is 14.2. The number of rotatable bonds is 13. The first-order valence-electron chi connectivity index (χ1n) is 14.2. The van der Waals surface area contributed by atoms with Gasteiger partial charge in [0.15, 0.2) is 0 Å². The zero-order valence-electron chi connectivity index (χ0n) is 24.8. The van der Waals surface area contributed by atoms with Crippen LogP contribution in [0.3, 0.4) is 0 Å². The van der Waals surface area contributed by atoms with Gasteiger partial charge >= 0.3 is 0 Å². The summed E-state index contributed by atoms with van der Waals surface area (Å²) < 4.78 is 5.91. The summed E-state index contributed by atoms with van der Waals surface area (Å²) in [5, 5.41) is 4.46. The third-order valence-corrected chi connectivity index (χ3v) is 7.00. The van der Waals surface area contributed by atoms with Crippen LogP contribution >= 0.6 is 0 Å². The fourth-order valence-corrected chi connectivity index (χ4v) is 4.99. The van der Waals surface area contributed by atoms with Crippen LogP contribution in [0.1, 0.15) is 44.2 Å². The highest BCUT2D eigenvalue weighted by Gasteiger charge is 2.44. The molecule has 0 spiro atoms. The Kier molecular flexibility index (Phi) is 11.6. The van der Waals surface area contributed by atoms with Crippen LogP contribution in [-0.4, -0.2) is 73.0 Å². The molecule has 222 valence electrons. The Bertz CT molecular complexity index is 1160. The van der Waals surface area contributed by atoms with E-state index in [1.165, 1.54) is 6.08 Å². The highest BCUT2D eigenvalue weighted by atomic mass is 16.5. The summed E-state index contributed by atoms with van der Waals surface area (Å²) in [6, 6.07) is 18.6. The van der Waals surface area contributed by atoms with Crippen LogP contribution in [0.2, 0.25) is 0 Å². The van der Waals surface area contributed by atoms with Crippen LogP contribution in [0.5, 0.6) is 0 Å². The minimum atomic E-state index is -0.911. The predicted octanol–water partition coefficient (Wildman–Crippen LogP) is 2.82. The predicted molar refractivity (Wildman–Crippen MR) is 160 cm³/mol. The van der Waals surface area contributed by atoms with E-state index in [0.29, 0.717) is 38.8 Å². The Morgan fingerprint density at radius 2 is 1.71 bits per heavy atom. The van der Waals surface area contributed by atoms with Crippen molar-refractivity contribution in [3.63, 3.8) is 0 Å². The van der Waals surface area contributed by atoms with Crippen molar-refractivity contribution in [2.24, 2.45) is 11.1 Å². The van der Waals surface area contributed by atoms with Gasteiger partial charge in [0.2, 0.25) is 17.7 Å². The molecule has 9 heteroatoms. The van der Waals surface area contributed by atoms with Gasteiger partial charge in [0.05, 0.1) is 18.6 Å². The molecule has 0 aromatic heterocycles. The Morgan fingerprint density at radius 1 is 1.07 bits per heavy atom. The average Bonchev–Trinajstić information content (AvgIpc) is 2.92. The second-order valence-electron chi connectivity index (χ2n) is 11.8. The van der Waals surface area contributed by atoms with Gasteiger partial charge in [0.1, 0.15) is 6.04 Å². The van der Waals surface area contributed by atoms with Gasteiger partial charge in [-0.3, -0.25) is 19.8 Å². The Hall–Kier alpha value is -3.53. The topological polar surface area (TPSA) is 117 Å². The van der Waals surface area contributed by atoms with Crippen molar-refractivity contribution in [1.29, 1.82) is 0 Å². The minimum absolute atomic E-state index is 0.00175. The monoisotopic (exact) mass is 563 g/mol. The number of hydrogen-bond donors (Lipinski definition) is 3. The zero-order valence-corrected chi connectivity index (χ0v) is 24.8. The molecule has 1 fully saturated rings. The molecule has 1 saturated heterocycles. The van der Waals surface area contributed by atoms with E-state index in [4.69, 9.17) is 10.5 Å². The van der Waals surface area contributed by atoms with Crippen LogP contribution in [0, 0.1) is 5.41 Å². The van der Waals surface area contributed by atoms with Crippen LogP contribution in [0.15, 0.2) is 72.8 Å². The third-order valence-electron chi connectivity index (χ3n) is 7.00. The van der Waals surface area contributed by atoms with E-state index in [2.05, 4.69) is 10.7 Å². The molecule has 0 radical (unpaired) electrons. The van der Waals surface area contributed by atoms with Crippen LogP contribution in [-0.2, 0) is 32.1 Å². The molecule has 41 heavy (non-hydrogen) atoms. The summed E-state index contributed by atoms with van der Waals surface area (Å²) in [7, 11) is 3.55. The van der Waals surface area contributed by atoms with E-state index in [1.54, 1.807) is 30.1 Å². The van der Waals surface area contributed by atoms with Crippen molar-refractivity contribution >= 4 is 17.7 Å². The maximum Gasteiger partial charge on any atom is 0.247 e. The quantitative estimate of drug-likeness (QED) is 0.255. The number of nitrogens with zero attached hydrogens (tertiary/aromatic N) is 2. The van der Waals surface area contributed by atoms with E-state index in [0.717, 1.165) is 11.1 Å². The number of ether oxygens (including phenoxy) is 1. The van der Waals surface area contributed by atoms with E-state index in [-0.39, 0.29) is 25.0 Å². The molecule has 3 rings (SSSR count). The van der Waals surface area contributed by atoms with Gasteiger partial charge < -0.3 is 20.7 Å². The molecule has 1 aliphatic rings. The fourth-order valence-electron chi connectivity index (χ4n) is 4.99. The summed E-state index contributed by atoms with van der Waals surface area (Å²) in [6.45, 7) is 4.80. The van der Waals surface area contributed by atoms with Crippen molar-refractivity contribution < 1.29 is 19.1 Å². The molecular weight excluding hydrogens is 518 g/mol. The number of benzene rings is 2. The third kappa shape index (κ3) is 10.4. The van der Waals surface area contributed by atoms with Gasteiger partial charge in [-0.2, -0.15) is 0 Å². The molecule has 4 N–H and O–H groups in total. The van der Waals surface area contributed by atoms with Crippen LogP contribution in [0.4, 0.5) is 0 Å². The largest absolute Gasteiger partial charge is 0.374 e. The van der Waals surface area contributed by atoms with Gasteiger partial charge in [-0.15, -0.1) is 0 Å². The lowest BCUT2D eigenvalue weighted by Gasteiger charge is -2.43.